The maximum Gasteiger partial charge on any atom is 0.141 e. The molecule has 3 rings (SSSR count). The standard InChI is InChI=1S/C13H15N3O/c1-14-13-9-5-4-6-10(9)15-16(13)11-7-2-3-8-12(11)17/h2-3,7-8,14,17H,4-6H2,1H3. The minimum Gasteiger partial charge on any atom is -0.506 e. The van der Waals surface area contributed by atoms with Gasteiger partial charge in [0, 0.05) is 12.6 Å². The lowest BCUT2D eigenvalue weighted by Gasteiger charge is -2.09. The Morgan fingerprint density at radius 1 is 1.29 bits per heavy atom. The van der Waals surface area contributed by atoms with E-state index in [0.29, 0.717) is 0 Å². The third-order valence-electron chi connectivity index (χ3n) is 3.25. The van der Waals surface area contributed by atoms with Crippen molar-refractivity contribution in [1.29, 1.82) is 0 Å². The van der Waals surface area contributed by atoms with E-state index in [0.717, 1.165) is 30.0 Å². The third kappa shape index (κ3) is 1.48. The fourth-order valence-corrected chi connectivity index (χ4v) is 2.47. The van der Waals surface area contributed by atoms with E-state index < -0.39 is 0 Å². The first kappa shape index (κ1) is 10.2. The summed E-state index contributed by atoms with van der Waals surface area (Å²) >= 11 is 0. The molecule has 0 bridgehead atoms. The second kappa shape index (κ2) is 3.80. The summed E-state index contributed by atoms with van der Waals surface area (Å²) in [6.07, 6.45) is 3.28. The SMILES string of the molecule is CNc1c2c(nn1-c1ccccc1O)CCC2. The van der Waals surface area contributed by atoms with Gasteiger partial charge in [-0.15, -0.1) is 0 Å². The smallest absolute Gasteiger partial charge is 0.141 e. The van der Waals surface area contributed by atoms with Crippen LogP contribution in [0.4, 0.5) is 5.82 Å². The van der Waals surface area contributed by atoms with E-state index in [2.05, 4.69) is 10.4 Å². The monoisotopic (exact) mass is 229 g/mol. The van der Waals surface area contributed by atoms with Gasteiger partial charge in [-0.3, -0.25) is 0 Å². The first-order valence-corrected chi connectivity index (χ1v) is 5.88. The number of rotatable bonds is 2. The Balaban J connectivity index is 2.19. The van der Waals surface area contributed by atoms with Crippen LogP contribution in [-0.4, -0.2) is 21.9 Å². The van der Waals surface area contributed by atoms with E-state index in [4.69, 9.17) is 0 Å². The number of aromatic hydroxyl groups is 1. The van der Waals surface area contributed by atoms with E-state index >= 15 is 0 Å². The largest absolute Gasteiger partial charge is 0.506 e. The van der Waals surface area contributed by atoms with Gasteiger partial charge < -0.3 is 10.4 Å². The van der Waals surface area contributed by atoms with Crippen molar-refractivity contribution in [3.05, 3.63) is 35.5 Å². The highest BCUT2D eigenvalue weighted by Gasteiger charge is 2.22. The number of aryl methyl sites for hydroxylation is 1. The van der Waals surface area contributed by atoms with Gasteiger partial charge in [-0.05, 0) is 31.4 Å². The van der Waals surface area contributed by atoms with Crippen LogP contribution >= 0.6 is 0 Å². The molecule has 0 spiro atoms. The normalized spacial score (nSPS) is 13.7. The maximum atomic E-state index is 9.89. The Bertz CT molecular complexity index is 560. The number of hydrogen-bond donors (Lipinski definition) is 2. The lowest BCUT2D eigenvalue weighted by molar-refractivity contribution is 0.470. The summed E-state index contributed by atoms with van der Waals surface area (Å²) in [6.45, 7) is 0. The Morgan fingerprint density at radius 2 is 2.12 bits per heavy atom. The third-order valence-corrected chi connectivity index (χ3v) is 3.25. The Morgan fingerprint density at radius 3 is 2.88 bits per heavy atom. The Kier molecular flexibility index (Phi) is 2.28. The summed E-state index contributed by atoms with van der Waals surface area (Å²) in [5.41, 5.74) is 3.17. The fraction of sp³-hybridized carbons (Fsp3) is 0.308. The first-order chi connectivity index (χ1) is 8.31. The number of anilines is 1. The van der Waals surface area contributed by atoms with Crippen LogP contribution < -0.4 is 5.32 Å². The van der Waals surface area contributed by atoms with Crippen LogP contribution in [-0.2, 0) is 12.8 Å². The summed E-state index contributed by atoms with van der Waals surface area (Å²) in [7, 11) is 1.89. The molecule has 88 valence electrons. The molecule has 0 saturated carbocycles. The van der Waals surface area contributed by atoms with Crippen molar-refractivity contribution in [1.82, 2.24) is 9.78 Å². The number of benzene rings is 1. The predicted octanol–water partition coefficient (Wildman–Crippen LogP) is 2.11. The zero-order chi connectivity index (χ0) is 11.8. The number of hydrogen-bond acceptors (Lipinski definition) is 3. The van der Waals surface area contributed by atoms with E-state index in [-0.39, 0.29) is 5.75 Å². The van der Waals surface area contributed by atoms with Crippen LogP contribution in [0.5, 0.6) is 5.75 Å². The fourth-order valence-electron chi connectivity index (χ4n) is 2.47. The van der Waals surface area contributed by atoms with Gasteiger partial charge in [0.1, 0.15) is 17.3 Å². The zero-order valence-corrected chi connectivity index (χ0v) is 9.77. The molecule has 4 heteroatoms. The van der Waals surface area contributed by atoms with Crippen LogP contribution in [0, 0.1) is 0 Å². The molecular formula is C13H15N3O. The molecule has 1 aliphatic carbocycles. The lowest BCUT2D eigenvalue weighted by atomic mass is 10.2. The van der Waals surface area contributed by atoms with Crippen LogP contribution in [0.3, 0.4) is 0 Å². The first-order valence-electron chi connectivity index (χ1n) is 5.88. The van der Waals surface area contributed by atoms with Crippen LogP contribution in [0.25, 0.3) is 5.69 Å². The molecule has 1 heterocycles. The number of nitrogens with one attached hydrogen (secondary N) is 1. The second-order valence-corrected chi connectivity index (χ2v) is 4.28. The van der Waals surface area contributed by atoms with Gasteiger partial charge >= 0.3 is 0 Å². The number of fused-ring (bicyclic) bond motifs is 1. The van der Waals surface area contributed by atoms with Crippen molar-refractivity contribution in [3.8, 4) is 11.4 Å². The molecule has 0 atom stereocenters. The van der Waals surface area contributed by atoms with Crippen LogP contribution in [0.15, 0.2) is 24.3 Å². The topological polar surface area (TPSA) is 50.1 Å². The molecule has 4 nitrogen and oxygen atoms in total. The molecule has 2 N–H and O–H groups in total. The van der Waals surface area contributed by atoms with E-state index in [1.807, 2.05) is 25.2 Å². The quantitative estimate of drug-likeness (QED) is 0.829. The Labute approximate surface area is 99.9 Å². The summed E-state index contributed by atoms with van der Waals surface area (Å²) in [4.78, 5) is 0. The average molecular weight is 229 g/mol. The number of phenolic OH excluding ortho intramolecular Hbond substituents is 1. The van der Waals surface area contributed by atoms with E-state index in [1.165, 1.54) is 12.0 Å². The van der Waals surface area contributed by atoms with Crippen molar-refractivity contribution in [2.75, 3.05) is 12.4 Å². The van der Waals surface area contributed by atoms with Gasteiger partial charge in [-0.2, -0.15) is 5.10 Å². The van der Waals surface area contributed by atoms with Crippen LogP contribution in [0.1, 0.15) is 17.7 Å². The molecule has 1 aliphatic rings. The molecule has 0 fully saturated rings. The van der Waals surface area contributed by atoms with Gasteiger partial charge in [-0.25, -0.2) is 4.68 Å². The van der Waals surface area contributed by atoms with Crippen molar-refractivity contribution in [3.63, 3.8) is 0 Å². The highest BCUT2D eigenvalue weighted by Crippen LogP contribution is 2.32. The molecule has 0 radical (unpaired) electrons. The molecule has 1 aromatic carbocycles. The Hall–Kier alpha value is -1.97. The minimum absolute atomic E-state index is 0.255. The molecule has 0 unspecified atom stereocenters. The highest BCUT2D eigenvalue weighted by atomic mass is 16.3. The van der Waals surface area contributed by atoms with Crippen molar-refractivity contribution < 1.29 is 5.11 Å². The average Bonchev–Trinajstić information content (AvgIpc) is 2.89. The molecule has 17 heavy (non-hydrogen) atoms. The summed E-state index contributed by atoms with van der Waals surface area (Å²) < 4.78 is 1.80. The molecule has 2 aromatic rings. The zero-order valence-electron chi connectivity index (χ0n) is 9.77. The summed E-state index contributed by atoms with van der Waals surface area (Å²) in [5.74, 6) is 1.25. The number of aromatic nitrogens is 2. The molecule has 0 saturated heterocycles. The minimum atomic E-state index is 0.255. The maximum absolute atomic E-state index is 9.89. The number of phenols is 1. The number of para-hydroxylation sites is 2. The van der Waals surface area contributed by atoms with Crippen molar-refractivity contribution in [2.24, 2.45) is 0 Å². The molecule has 1 aromatic heterocycles. The van der Waals surface area contributed by atoms with Gasteiger partial charge in [0.2, 0.25) is 0 Å². The second-order valence-electron chi connectivity index (χ2n) is 4.28. The van der Waals surface area contributed by atoms with Gasteiger partial charge in [-0.1, -0.05) is 12.1 Å². The molecule has 0 amide bonds. The van der Waals surface area contributed by atoms with Gasteiger partial charge in [0.15, 0.2) is 0 Å². The molecular weight excluding hydrogens is 214 g/mol. The number of nitrogens with zero attached hydrogens (tertiary/aromatic N) is 2. The predicted molar refractivity (Wildman–Crippen MR) is 66.8 cm³/mol. The lowest BCUT2D eigenvalue weighted by Crippen LogP contribution is -2.04. The molecule has 0 aliphatic heterocycles. The van der Waals surface area contributed by atoms with Crippen molar-refractivity contribution in [2.45, 2.75) is 19.3 Å². The highest BCUT2D eigenvalue weighted by molar-refractivity contribution is 5.57. The summed E-state index contributed by atoms with van der Waals surface area (Å²) in [5, 5.41) is 17.7. The van der Waals surface area contributed by atoms with E-state index in [1.54, 1.807) is 10.7 Å². The summed E-state index contributed by atoms with van der Waals surface area (Å²) in [6, 6.07) is 7.27. The van der Waals surface area contributed by atoms with Gasteiger partial charge in [0.05, 0.1) is 5.69 Å². The van der Waals surface area contributed by atoms with Crippen LogP contribution in [0.2, 0.25) is 0 Å². The van der Waals surface area contributed by atoms with E-state index in [9.17, 15) is 5.11 Å². The van der Waals surface area contributed by atoms with Crippen molar-refractivity contribution >= 4 is 5.82 Å². The van der Waals surface area contributed by atoms with Gasteiger partial charge in [0.25, 0.3) is 0 Å².